The molecule has 2 N–H and O–H groups in total. The van der Waals surface area contributed by atoms with Gasteiger partial charge < -0.3 is 15.4 Å². The van der Waals surface area contributed by atoms with Crippen LogP contribution in [0.4, 0.5) is 11.4 Å². The van der Waals surface area contributed by atoms with Gasteiger partial charge in [0.1, 0.15) is 11.8 Å². The van der Waals surface area contributed by atoms with Gasteiger partial charge >= 0.3 is 0 Å². The Morgan fingerprint density at radius 3 is 2.36 bits per heavy atom. The predicted molar refractivity (Wildman–Crippen MR) is 102 cm³/mol. The SMILES string of the molecule is COc1ccc(NC(C)C(=O)Nc2ccc(Br)cc2)c(S(C)(=O)=O)c1. The molecule has 1 atom stereocenters. The molecule has 0 saturated heterocycles. The lowest BCUT2D eigenvalue weighted by Gasteiger charge is -2.18. The maximum atomic E-state index is 12.3. The van der Waals surface area contributed by atoms with E-state index in [9.17, 15) is 13.2 Å². The Kier molecular flexibility index (Phi) is 6.07. The third-order valence-corrected chi connectivity index (χ3v) is 5.13. The summed E-state index contributed by atoms with van der Waals surface area (Å²) < 4.78 is 30.0. The number of anilines is 2. The van der Waals surface area contributed by atoms with Gasteiger partial charge in [0, 0.05) is 22.5 Å². The summed E-state index contributed by atoms with van der Waals surface area (Å²) in [6.07, 6.45) is 1.11. The number of nitrogens with one attached hydrogen (secondary N) is 2. The van der Waals surface area contributed by atoms with Gasteiger partial charge in [-0.1, -0.05) is 15.9 Å². The average molecular weight is 427 g/mol. The third kappa shape index (κ3) is 5.20. The van der Waals surface area contributed by atoms with Gasteiger partial charge in [-0.05, 0) is 43.3 Å². The van der Waals surface area contributed by atoms with Crippen molar-refractivity contribution >= 4 is 43.0 Å². The first-order chi connectivity index (χ1) is 11.7. The molecule has 2 rings (SSSR count). The van der Waals surface area contributed by atoms with Gasteiger partial charge in [0.05, 0.1) is 17.7 Å². The lowest BCUT2D eigenvalue weighted by Crippen LogP contribution is -2.32. The Morgan fingerprint density at radius 2 is 1.80 bits per heavy atom. The molecule has 0 heterocycles. The van der Waals surface area contributed by atoms with Crippen molar-refractivity contribution in [3.8, 4) is 5.75 Å². The molecule has 0 spiro atoms. The normalized spacial score (nSPS) is 12.3. The molecular formula is C17H19BrN2O4S. The second-order valence-corrected chi connectivity index (χ2v) is 8.40. The number of carbonyl (C=O) groups is 1. The van der Waals surface area contributed by atoms with Crippen LogP contribution in [0.25, 0.3) is 0 Å². The molecule has 0 aliphatic heterocycles. The lowest BCUT2D eigenvalue weighted by molar-refractivity contribution is -0.116. The Balaban J connectivity index is 2.18. The van der Waals surface area contributed by atoms with Crippen LogP contribution in [0.15, 0.2) is 51.8 Å². The Bertz CT molecular complexity index is 867. The summed E-state index contributed by atoms with van der Waals surface area (Å²) in [5.41, 5.74) is 1.00. The summed E-state index contributed by atoms with van der Waals surface area (Å²) in [6, 6.07) is 11.2. The lowest BCUT2D eigenvalue weighted by atomic mass is 10.2. The van der Waals surface area contributed by atoms with Crippen molar-refractivity contribution in [3.05, 3.63) is 46.9 Å². The third-order valence-electron chi connectivity index (χ3n) is 3.47. The highest BCUT2D eigenvalue weighted by Gasteiger charge is 2.19. The average Bonchev–Trinajstić information content (AvgIpc) is 2.56. The van der Waals surface area contributed by atoms with Crippen molar-refractivity contribution in [1.29, 1.82) is 0 Å². The van der Waals surface area contributed by atoms with Crippen molar-refractivity contribution < 1.29 is 17.9 Å². The van der Waals surface area contributed by atoms with E-state index in [0.717, 1.165) is 10.7 Å². The highest BCUT2D eigenvalue weighted by Crippen LogP contribution is 2.27. The van der Waals surface area contributed by atoms with E-state index in [4.69, 9.17) is 4.74 Å². The first-order valence-electron chi connectivity index (χ1n) is 7.42. The molecule has 0 aliphatic rings. The van der Waals surface area contributed by atoms with Gasteiger partial charge in [0.2, 0.25) is 5.91 Å². The van der Waals surface area contributed by atoms with Crippen LogP contribution in [0.3, 0.4) is 0 Å². The minimum absolute atomic E-state index is 0.0788. The van der Waals surface area contributed by atoms with E-state index in [1.807, 2.05) is 12.1 Å². The smallest absolute Gasteiger partial charge is 0.246 e. The van der Waals surface area contributed by atoms with Gasteiger partial charge in [-0.3, -0.25) is 4.79 Å². The number of halogens is 1. The maximum Gasteiger partial charge on any atom is 0.246 e. The monoisotopic (exact) mass is 426 g/mol. The summed E-state index contributed by atoms with van der Waals surface area (Å²) >= 11 is 3.33. The summed E-state index contributed by atoms with van der Waals surface area (Å²) in [5.74, 6) is 0.149. The number of benzene rings is 2. The first-order valence-corrected chi connectivity index (χ1v) is 10.1. The molecule has 1 amide bonds. The molecule has 0 fully saturated rings. The zero-order valence-corrected chi connectivity index (χ0v) is 16.4. The number of sulfone groups is 1. The van der Waals surface area contributed by atoms with Gasteiger partial charge in [-0.15, -0.1) is 0 Å². The number of carbonyl (C=O) groups excluding carboxylic acids is 1. The number of hydrogen-bond donors (Lipinski definition) is 2. The molecule has 6 nitrogen and oxygen atoms in total. The topological polar surface area (TPSA) is 84.5 Å². The molecule has 2 aromatic rings. The van der Waals surface area contributed by atoms with Crippen LogP contribution in [0, 0.1) is 0 Å². The zero-order valence-electron chi connectivity index (χ0n) is 14.0. The molecule has 0 aromatic heterocycles. The van der Waals surface area contributed by atoms with E-state index < -0.39 is 15.9 Å². The summed E-state index contributed by atoms with van der Waals surface area (Å²) in [4.78, 5) is 12.4. The Hall–Kier alpha value is -2.06. The van der Waals surface area contributed by atoms with E-state index in [2.05, 4.69) is 26.6 Å². The molecule has 8 heteroatoms. The van der Waals surface area contributed by atoms with Gasteiger partial charge in [-0.25, -0.2) is 8.42 Å². The second-order valence-electron chi connectivity index (χ2n) is 5.50. The quantitative estimate of drug-likeness (QED) is 0.739. The van der Waals surface area contributed by atoms with Crippen LogP contribution >= 0.6 is 15.9 Å². The van der Waals surface area contributed by atoms with Crippen molar-refractivity contribution in [3.63, 3.8) is 0 Å². The second kappa shape index (κ2) is 7.88. The highest BCUT2D eigenvalue weighted by atomic mass is 79.9. The molecule has 0 aliphatic carbocycles. The van der Waals surface area contributed by atoms with Crippen LogP contribution < -0.4 is 15.4 Å². The molecule has 25 heavy (non-hydrogen) atoms. The van der Waals surface area contributed by atoms with E-state index in [1.165, 1.54) is 13.2 Å². The number of hydrogen-bond acceptors (Lipinski definition) is 5. The maximum absolute atomic E-state index is 12.3. The fourth-order valence-corrected chi connectivity index (χ4v) is 3.26. The number of methoxy groups -OCH3 is 1. The van der Waals surface area contributed by atoms with Crippen molar-refractivity contribution in [1.82, 2.24) is 0 Å². The highest BCUT2D eigenvalue weighted by molar-refractivity contribution is 9.10. The van der Waals surface area contributed by atoms with Gasteiger partial charge in [0.25, 0.3) is 0 Å². The fraction of sp³-hybridized carbons (Fsp3) is 0.235. The molecular weight excluding hydrogens is 408 g/mol. The summed E-state index contributed by atoms with van der Waals surface area (Å²) in [7, 11) is -2.02. The molecule has 2 aromatic carbocycles. The first kappa shape index (κ1) is 19.3. The van der Waals surface area contributed by atoms with E-state index >= 15 is 0 Å². The van der Waals surface area contributed by atoms with Crippen molar-refractivity contribution in [2.24, 2.45) is 0 Å². The minimum Gasteiger partial charge on any atom is -0.497 e. The number of ether oxygens (including phenoxy) is 1. The van der Waals surface area contributed by atoms with Crippen molar-refractivity contribution in [2.75, 3.05) is 24.0 Å². The van der Waals surface area contributed by atoms with Gasteiger partial charge in [0.15, 0.2) is 9.84 Å². The number of amides is 1. The molecule has 0 saturated carbocycles. The summed E-state index contributed by atoms with van der Waals surface area (Å²) in [5, 5.41) is 5.72. The van der Waals surface area contributed by atoms with Crippen LogP contribution in [-0.4, -0.2) is 33.7 Å². The standard InChI is InChI=1S/C17H19BrN2O4S/c1-11(17(21)20-13-6-4-12(18)5-7-13)19-15-9-8-14(24-2)10-16(15)25(3,22)23/h4-11,19H,1-3H3,(H,20,21). The van der Waals surface area contributed by atoms with Gasteiger partial charge in [-0.2, -0.15) is 0 Å². The van der Waals surface area contributed by atoms with E-state index in [-0.39, 0.29) is 10.8 Å². The Morgan fingerprint density at radius 1 is 1.16 bits per heavy atom. The van der Waals surface area contributed by atoms with Crippen LogP contribution in [0.5, 0.6) is 5.75 Å². The Labute approximate surface area is 155 Å². The van der Waals surface area contributed by atoms with Crippen molar-refractivity contribution in [2.45, 2.75) is 17.9 Å². The van der Waals surface area contributed by atoms with E-state index in [1.54, 1.807) is 31.2 Å². The minimum atomic E-state index is -3.48. The summed E-state index contributed by atoms with van der Waals surface area (Å²) in [6.45, 7) is 1.66. The van der Waals surface area contributed by atoms with Crippen LogP contribution in [0.1, 0.15) is 6.92 Å². The molecule has 0 radical (unpaired) electrons. The van der Waals surface area contributed by atoms with Crippen LogP contribution in [0.2, 0.25) is 0 Å². The number of rotatable bonds is 6. The largest absolute Gasteiger partial charge is 0.497 e. The molecule has 0 bridgehead atoms. The van der Waals surface area contributed by atoms with E-state index in [0.29, 0.717) is 17.1 Å². The van der Waals surface area contributed by atoms with Crippen LogP contribution in [-0.2, 0) is 14.6 Å². The zero-order chi connectivity index (χ0) is 18.6. The molecule has 134 valence electrons. The predicted octanol–water partition coefficient (Wildman–Crippen LogP) is 3.30. The molecule has 1 unspecified atom stereocenters. The fourth-order valence-electron chi connectivity index (χ4n) is 2.14.